The molecule has 2 N–H and O–H groups in total. The lowest BCUT2D eigenvalue weighted by Crippen LogP contribution is -2.26. The number of benzene rings is 2. The topological polar surface area (TPSA) is 49.3 Å². The predicted octanol–water partition coefficient (Wildman–Crippen LogP) is 2.67. The molecule has 3 nitrogen and oxygen atoms in total. The largest absolute Gasteiger partial charge is 0.508 e. The lowest BCUT2D eigenvalue weighted by molar-refractivity contribution is 0.0953. The molecule has 0 saturated heterocycles. The van der Waals surface area contributed by atoms with Crippen LogP contribution in [0.5, 0.6) is 5.75 Å². The molecule has 19 heavy (non-hydrogen) atoms. The van der Waals surface area contributed by atoms with Crippen LogP contribution in [0.4, 0.5) is 0 Å². The van der Waals surface area contributed by atoms with Gasteiger partial charge in [0, 0.05) is 12.1 Å². The molecule has 2 aromatic rings. The van der Waals surface area contributed by atoms with E-state index in [1.807, 2.05) is 37.3 Å². The Morgan fingerprint density at radius 3 is 2.68 bits per heavy atom. The third-order valence-corrected chi connectivity index (χ3v) is 3.00. The Balaban J connectivity index is 1.90. The number of hydrogen-bond donors (Lipinski definition) is 2. The first-order valence-corrected chi connectivity index (χ1v) is 6.28. The van der Waals surface area contributed by atoms with Crippen LogP contribution >= 0.6 is 0 Å². The van der Waals surface area contributed by atoms with Crippen molar-refractivity contribution in [3.8, 4) is 5.75 Å². The predicted molar refractivity (Wildman–Crippen MR) is 75.3 cm³/mol. The third kappa shape index (κ3) is 3.58. The van der Waals surface area contributed by atoms with Crippen LogP contribution in [-0.2, 0) is 6.42 Å². The highest BCUT2D eigenvalue weighted by Gasteiger charge is 2.06. The van der Waals surface area contributed by atoms with Gasteiger partial charge in [-0.25, -0.2) is 0 Å². The molecule has 0 heterocycles. The summed E-state index contributed by atoms with van der Waals surface area (Å²) < 4.78 is 0. The van der Waals surface area contributed by atoms with Crippen LogP contribution in [0.2, 0.25) is 0 Å². The van der Waals surface area contributed by atoms with Crippen LogP contribution in [-0.4, -0.2) is 17.6 Å². The molecule has 0 atom stereocenters. The molecule has 98 valence electrons. The maximum Gasteiger partial charge on any atom is 0.251 e. The Hall–Kier alpha value is -2.29. The molecule has 2 aromatic carbocycles. The van der Waals surface area contributed by atoms with Gasteiger partial charge in [-0.1, -0.05) is 30.3 Å². The first-order valence-electron chi connectivity index (χ1n) is 6.28. The van der Waals surface area contributed by atoms with Crippen LogP contribution in [0.3, 0.4) is 0 Å². The number of carbonyl (C=O) groups excluding carboxylic acids is 1. The molecule has 3 heteroatoms. The smallest absolute Gasteiger partial charge is 0.251 e. The van der Waals surface area contributed by atoms with E-state index < -0.39 is 0 Å². The standard InChI is InChI=1S/C16H17NO2/c1-12-5-2-3-8-15(12)16(19)17-10-9-13-6-4-7-14(18)11-13/h2-8,11,18H,9-10H2,1H3,(H,17,19). The molecule has 0 unspecified atom stereocenters. The number of hydrogen-bond acceptors (Lipinski definition) is 2. The van der Waals surface area contributed by atoms with Crippen molar-refractivity contribution in [2.45, 2.75) is 13.3 Å². The maximum absolute atomic E-state index is 12.0. The van der Waals surface area contributed by atoms with Crippen molar-refractivity contribution in [2.24, 2.45) is 0 Å². The minimum Gasteiger partial charge on any atom is -0.508 e. The first-order chi connectivity index (χ1) is 9.16. The number of aryl methyl sites for hydroxylation is 1. The number of phenols is 1. The van der Waals surface area contributed by atoms with Crippen molar-refractivity contribution in [1.29, 1.82) is 0 Å². The summed E-state index contributed by atoms with van der Waals surface area (Å²) in [5.41, 5.74) is 2.68. The SMILES string of the molecule is Cc1ccccc1C(=O)NCCc1cccc(O)c1. The summed E-state index contributed by atoms with van der Waals surface area (Å²) in [6.07, 6.45) is 0.700. The van der Waals surface area contributed by atoms with Crippen LogP contribution in [0, 0.1) is 6.92 Å². The van der Waals surface area contributed by atoms with E-state index in [9.17, 15) is 9.90 Å². The van der Waals surface area contributed by atoms with Gasteiger partial charge in [0.25, 0.3) is 5.91 Å². The highest BCUT2D eigenvalue weighted by molar-refractivity contribution is 5.95. The molecule has 0 saturated carbocycles. The van der Waals surface area contributed by atoms with E-state index in [-0.39, 0.29) is 11.7 Å². The number of aromatic hydroxyl groups is 1. The van der Waals surface area contributed by atoms with Gasteiger partial charge < -0.3 is 10.4 Å². The van der Waals surface area contributed by atoms with Gasteiger partial charge in [0.1, 0.15) is 5.75 Å². The van der Waals surface area contributed by atoms with Crippen molar-refractivity contribution in [1.82, 2.24) is 5.32 Å². The third-order valence-electron chi connectivity index (χ3n) is 3.00. The van der Waals surface area contributed by atoms with Crippen molar-refractivity contribution in [2.75, 3.05) is 6.54 Å². The van der Waals surface area contributed by atoms with E-state index in [0.717, 1.165) is 11.1 Å². The second-order valence-electron chi connectivity index (χ2n) is 4.49. The Kier molecular flexibility index (Phi) is 4.18. The zero-order chi connectivity index (χ0) is 13.7. The maximum atomic E-state index is 12.0. The van der Waals surface area contributed by atoms with Gasteiger partial charge >= 0.3 is 0 Å². The number of nitrogens with one attached hydrogen (secondary N) is 1. The normalized spacial score (nSPS) is 10.2. The molecular weight excluding hydrogens is 238 g/mol. The minimum atomic E-state index is -0.0572. The average Bonchev–Trinajstić information content (AvgIpc) is 2.39. The van der Waals surface area contributed by atoms with Crippen molar-refractivity contribution >= 4 is 5.91 Å². The Labute approximate surface area is 112 Å². The van der Waals surface area contributed by atoms with Gasteiger partial charge in [-0.15, -0.1) is 0 Å². The molecule has 1 amide bonds. The lowest BCUT2D eigenvalue weighted by Gasteiger charge is -2.07. The molecule has 0 aliphatic rings. The Morgan fingerprint density at radius 1 is 1.16 bits per heavy atom. The molecule has 0 aromatic heterocycles. The van der Waals surface area contributed by atoms with E-state index in [1.54, 1.807) is 18.2 Å². The van der Waals surface area contributed by atoms with E-state index in [2.05, 4.69) is 5.32 Å². The summed E-state index contributed by atoms with van der Waals surface area (Å²) >= 11 is 0. The number of amides is 1. The second-order valence-corrected chi connectivity index (χ2v) is 4.49. The fraction of sp³-hybridized carbons (Fsp3) is 0.188. The quantitative estimate of drug-likeness (QED) is 0.882. The molecule has 0 radical (unpaired) electrons. The summed E-state index contributed by atoms with van der Waals surface area (Å²) in [6.45, 7) is 2.47. The van der Waals surface area contributed by atoms with Gasteiger partial charge in [-0.2, -0.15) is 0 Å². The highest BCUT2D eigenvalue weighted by atomic mass is 16.3. The fourth-order valence-electron chi connectivity index (χ4n) is 1.96. The zero-order valence-electron chi connectivity index (χ0n) is 10.9. The minimum absolute atomic E-state index is 0.0572. The molecule has 0 fully saturated rings. The van der Waals surface area contributed by atoms with Crippen molar-refractivity contribution in [3.63, 3.8) is 0 Å². The summed E-state index contributed by atoms with van der Waals surface area (Å²) in [5, 5.41) is 12.2. The molecule has 0 aliphatic heterocycles. The summed E-state index contributed by atoms with van der Waals surface area (Å²) in [5.74, 6) is 0.195. The van der Waals surface area contributed by atoms with Crippen LogP contribution in [0.25, 0.3) is 0 Å². The zero-order valence-corrected chi connectivity index (χ0v) is 10.9. The van der Waals surface area contributed by atoms with Gasteiger partial charge in [0.05, 0.1) is 0 Å². The van der Waals surface area contributed by atoms with Crippen LogP contribution in [0.1, 0.15) is 21.5 Å². The summed E-state index contributed by atoms with van der Waals surface area (Å²) in [7, 11) is 0. The Bertz CT molecular complexity index is 578. The number of carbonyl (C=O) groups is 1. The summed E-state index contributed by atoms with van der Waals surface area (Å²) in [4.78, 5) is 12.0. The van der Waals surface area contributed by atoms with Crippen LogP contribution < -0.4 is 5.32 Å². The van der Waals surface area contributed by atoms with Gasteiger partial charge in [-0.05, 0) is 42.7 Å². The van der Waals surface area contributed by atoms with Gasteiger partial charge in [0.2, 0.25) is 0 Å². The van der Waals surface area contributed by atoms with Crippen LogP contribution in [0.15, 0.2) is 48.5 Å². The van der Waals surface area contributed by atoms with Crippen molar-refractivity contribution in [3.05, 3.63) is 65.2 Å². The van der Waals surface area contributed by atoms with E-state index in [1.165, 1.54) is 0 Å². The monoisotopic (exact) mass is 255 g/mol. The average molecular weight is 255 g/mol. The lowest BCUT2D eigenvalue weighted by atomic mass is 10.1. The van der Waals surface area contributed by atoms with E-state index >= 15 is 0 Å². The number of phenolic OH excluding ortho intramolecular Hbond substituents is 1. The van der Waals surface area contributed by atoms with Crippen molar-refractivity contribution < 1.29 is 9.90 Å². The fourth-order valence-corrected chi connectivity index (χ4v) is 1.96. The molecular formula is C16H17NO2. The summed E-state index contributed by atoms with van der Waals surface area (Å²) in [6, 6.07) is 14.6. The van der Waals surface area contributed by atoms with E-state index in [4.69, 9.17) is 0 Å². The van der Waals surface area contributed by atoms with Gasteiger partial charge in [-0.3, -0.25) is 4.79 Å². The van der Waals surface area contributed by atoms with Gasteiger partial charge in [0.15, 0.2) is 0 Å². The number of rotatable bonds is 4. The second kappa shape index (κ2) is 6.05. The molecule has 0 spiro atoms. The Morgan fingerprint density at radius 2 is 1.95 bits per heavy atom. The molecule has 0 bridgehead atoms. The molecule has 0 aliphatic carbocycles. The first kappa shape index (κ1) is 13.1. The highest BCUT2D eigenvalue weighted by Crippen LogP contribution is 2.11. The molecule has 2 rings (SSSR count). The van der Waals surface area contributed by atoms with E-state index in [0.29, 0.717) is 18.5 Å².